The van der Waals surface area contributed by atoms with E-state index in [4.69, 9.17) is 4.74 Å². The first kappa shape index (κ1) is 10.8. The topological polar surface area (TPSA) is 64.5 Å². The number of rotatable bonds is 2. The van der Waals surface area contributed by atoms with E-state index < -0.39 is 5.97 Å². The molecular formula is C10H13N3O3. The lowest BCUT2D eigenvalue weighted by molar-refractivity contribution is 0.0592. The van der Waals surface area contributed by atoms with Gasteiger partial charge >= 0.3 is 5.97 Å². The first-order valence-corrected chi connectivity index (χ1v) is 5.06. The van der Waals surface area contributed by atoms with Gasteiger partial charge in [-0.2, -0.15) is 0 Å². The molecule has 1 saturated heterocycles. The molecule has 0 spiro atoms. The summed E-state index contributed by atoms with van der Waals surface area (Å²) in [6.45, 7) is 2.99. The average molecular weight is 223 g/mol. The minimum absolute atomic E-state index is 0.222. The number of morpholine rings is 1. The molecule has 16 heavy (non-hydrogen) atoms. The number of ether oxygens (including phenoxy) is 2. The fraction of sp³-hybridized carbons (Fsp3) is 0.500. The number of carbonyl (C=O) groups excluding carboxylic acids is 1. The number of hydrogen-bond donors (Lipinski definition) is 0. The molecule has 2 rings (SSSR count). The lowest BCUT2D eigenvalue weighted by Crippen LogP contribution is -2.36. The maximum absolute atomic E-state index is 11.1. The Morgan fingerprint density at radius 3 is 2.69 bits per heavy atom. The summed E-state index contributed by atoms with van der Waals surface area (Å²) in [7, 11) is 1.32. The molecule has 2 heterocycles. The van der Waals surface area contributed by atoms with Crippen molar-refractivity contribution in [3.8, 4) is 0 Å². The molecule has 1 aliphatic heterocycles. The molecule has 0 atom stereocenters. The van der Waals surface area contributed by atoms with Crippen molar-refractivity contribution in [3.63, 3.8) is 0 Å². The van der Waals surface area contributed by atoms with E-state index in [0.717, 1.165) is 18.9 Å². The largest absolute Gasteiger partial charge is 0.464 e. The summed E-state index contributed by atoms with van der Waals surface area (Å²) in [5.74, 6) is 0.289. The van der Waals surface area contributed by atoms with Crippen LogP contribution in [0.1, 0.15) is 10.5 Å². The molecule has 1 fully saturated rings. The van der Waals surface area contributed by atoms with Crippen LogP contribution in [0, 0.1) is 0 Å². The van der Waals surface area contributed by atoms with Crippen LogP contribution >= 0.6 is 0 Å². The van der Waals surface area contributed by atoms with Gasteiger partial charge in [0.2, 0.25) is 0 Å². The number of methoxy groups -OCH3 is 1. The number of hydrogen-bond acceptors (Lipinski definition) is 6. The molecule has 0 unspecified atom stereocenters. The highest BCUT2D eigenvalue weighted by Gasteiger charge is 2.14. The van der Waals surface area contributed by atoms with Crippen LogP contribution in [0.5, 0.6) is 0 Å². The van der Waals surface area contributed by atoms with Gasteiger partial charge in [-0.3, -0.25) is 0 Å². The van der Waals surface area contributed by atoms with Gasteiger partial charge in [0.25, 0.3) is 0 Å². The van der Waals surface area contributed by atoms with Gasteiger partial charge in [0, 0.05) is 13.1 Å². The molecule has 86 valence electrons. The zero-order valence-electron chi connectivity index (χ0n) is 9.05. The Balaban J connectivity index is 2.09. The van der Waals surface area contributed by atoms with Gasteiger partial charge in [0.15, 0.2) is 11.5 Å². The van der Waals surface area contributed by atoms with E-state index in [-0.39, 0.29) is 5.69 Å². The first-order valence-electron chi connectivity index (χ1n) is 5.06. The molecule has 0 aliphatic carbocycles. The van der Waals surface area contributed by atoms with E-state index in [9.17, 15) is 4.79 Å². The highest BCUT2D eigenvalue weighted by Crippen LogP contribution is 2.11. The summed E-state index contributed by atoms with van der Waals surface area (Å²) in [5, 5.41) is 7.81. The number of anilines is 1. The predicted molar refractivity (Wildman–Crippen MR) is 56.4 cm³/mol. The smallest absolute Gasteiger partial charge is 0.358 e. The molecule has 1 aliphatic rings. The number of esters is 1. The minimum atomic E-state index is -0.471. The van der Waals surface area contributed by atoms with E-state index in [1.54, 1.807) is 12.1 Å². The molecule has 0 aromatic carbocycles. The van der Waals surface area contributed by atoms with Crippen molar-refractivity contribution in [1.82, 2.24) is 10.2 Å². The maximum Gasteiger partial charge on any atom is 0.358 e. The van der Waals surface area contributed by atoms with Crippen LogP contribution in [-0.2, 0) is 9.47 Å². The second kappa shape index (κ2) is 4.89. The fourth-order valence-corrected chi connectivity index (χ4v) is 1.50. The lowest BCUT2D eigenvalue weighted by Gasteiger charge is -2.27. The molecule has 0 bridgehead atoms. The van der Waals surface area contributed by atoms with Gasteiger partial charge in [-0.15, -0.1) is 10.2 Å². The molecule has 0 amide bonds. The van der Waals surface area contributed by atoms with E-state index in [1.807, 2.05) is 0 Å². The molecule has 6 nitrogen and oxygen atoms in total. The third-order valence-electron chi connectivity index (χ3n) is 2.38. The Morgan fingerprint density at radius 1 is 1.38 bits per heavy atom. The molecule has 0 N–H and O–H groups in total. The van der Waals surface area contributed by atoms with E-state index in [0.29, 0.717) is 13.2 Å². The third kappa shape index (κ3) is 2.27. The Bertz CT molecular complexity index is 360. The summed E-state index contributed by atoms with van der Waals surface area (Å²) in [6, 6.07) is 3.38. The zero-order valence-corrected chi connectivity index (χ0v) is 9.05. The highest BCUT2D eigenvalue weighted by atomic mass is 16.5. The van der Waals surface area contributed by atoms with Crippen molar-refractivity contribution in [2.24, 2.45) is 0 Å². The number of aromatic nitrogens is 2. The number of nitrogens with zero attached hydrogens (tertiary/aromatic N) is 3. The average Bonchev–Trinajstić information content (AvgIpc) is 2.39. The standard InChI is InChI=1S/C10H13N3O3/c1-15-10(14)8-2-3-9(12-11-8)13-4-6-16-7-5-13/h2-3H,4-7H2,1H3. The van der Waals surface area contributed by atoms with Gasteiger partial charge in [0.05, 0.1) is 20.3 Å². The Hall–Kier alpha value is -1.69. The van der Waals surface area contributed by atoms with E-state index in [2.05, 4.69) is 19.8 Å². The predicted octanol–water partition coefficient (Wildman–Crippen LogP) is 0.0998. The fourth-order valence-electron chi connectivity index (χ4n) is 1.50. The van der Waals surface area contributed by atoms with Crippen LogP contribution in [-0.4, -0.2) is 49.6 Å². The molecule has 6 heteroatoms. The minimum Gasteiger partial charge on any atom is -0.464 e. The van der Waals surface area contributed by atoms with Crippen LogP contribution in [0.4, 0.5) is 5.82 Å². The maximum atomic E-state index is 11.1. The van der Waals surface area contributed by atoms with Crippen molar-refractivity contribution in [2.75, 3.05) is 38.3 Å². The summed E-state index contributed by atoms with van der Waals surface area (Å²) >= 11 is 0. The molecule has 0 radical (unpaired) electrons. The van der Waals surface area contributed by atoms with Crippen molar-refractivity contribution in [2.45, 2.75) is 0 Å². The van der Waals surface area contributed by atoms with Crippen LogP contribution in [0.25, 0.3) is 0 Å². The quantitative estimate of drug-likeness (QED) is 0.662. The van der Waals surface area contributed by atoms with Crippen LogP contribution < -0.4 is 4.90 Å². The molecular weight excluding hydrogens is 210 g/mol. The van der Waals surface area contributed by atoms with Crippen LogP contribution in [0.15, 0.2) is 12.1 Å². The van der Waals surface area contributed by atoms with Gasteiger partial charge in [-0.1, -0.05) is 0 Å². The van der Waals surface area contributed by atoms with Crippen LogP contribution in [0.3, 0.4) is 0 Å². The Morgan fingerprint density at radius 2 is 2.12 bits per heavy atom. The van der Waals surface area contributed by atoms with Gasteiger partial charge in [-0.25, -0.2) is 4.79 Å². The molecule has 0 saturated carbocycles. The van der Waals surface area contributed by atoms with Gasteiger partial charge in [-0.05, 0) is 12.1 Å². The molecule has 1 aromatic heterocycles. The molecule has 1 aromatic rings. The van der Waals surface area contributed by atoms with Crippen molar-refractivity contribution in [3.05, 3.63) is 17.8 Å². The van der Waals surface area contributed by atoms with Crippen molar-refractivity contribution >= 4 is 11.8 Å². The number of carbonyl (C=O) groups is 1. The lowest BCUT2D eigenvalue weighted by atomic mass is 10.3. The zero-order chi connectivity index (χ0) is 11.4. The second-order valence-electron chi connectivity index (χ2n) is 3.37. The summed E-state index contributed by atoms with van der Waals surface area (Å²) < 4.78 is 9.78. The summed E-state index contributed by atoms with van der Waals surface area (Å²) in [5.41, 5.74) is 0.222. The second-order valence-corrected chi connectivity index (χ2v) is 3.37. The summed E-state index contributed by atoms with van der Waals surface area (Å²) in [4.78, 5) is 13.2. The van der Waals surface area contributed by atoms with E-state index in [1.165, 1.54) is 7.11 Å². The monoisotopic (exact) mass is 223 g/mol. The van der Waals surface area contributed by atoms with Crippen molar-refractivity contribution in [1.29, 1.82) is 0 Å². The van der Waals surface area contributed by atoms with Gasteiger partial charge < -0.3 is 14.4 Å². The van der Waals surface area contributed by atoms with Gasteiger partial charge in [0.1, 0.15) is 0 Å². The normalized spacial score (nSPS) is 15.9. The Kier molecular flexibility index (Phi) is 3.31. The van der Waals surface area contributed by atoms with Crippen molar-refractivity contribution < 1.29 is 14.3 Å². The highest BCUT2D eigenvalue weighted by molar-refractivity contribution is 5.86. The van der Waals surface area contributed by atoms with Crippen LogP contribution in [0.2, 0.25) is 0 Å². The summed E-state index contributed by atoms with van der Waals surface area (Å²) in [6.07, 6.45) is 0. The Labute approximate surface area is 93.2 Å². The third-order valence-corrected chi connectivity index (χ3v) is 2.38. The first-order chi connectivity index (χ1) is 7.81. The van der Waals surface area contributed by atoms with E-state index >= 15 is 0 Å². The SMILES string of the molecule is COC(=O)c1ccc(N2CCOCC2)nn1.